The van der Waals surface area contributed by atoms with Crippen LogP contribution >= 0.6 is 0 Å². The molecule has 3 aromatic heterocycles. The van der Waals surface area contributed by atoms with Crippen molar-refractivity contribution in [3.8, 4) is 22.8 Å². The Balaban J connectivity index is 1.41. The number of rotatable bonds is 7. The van der Waals surface area contributed by atoms with E-state index in [1.54, 1.807) is 4.68 Å². The Kier molecular flexibility index (Phi) is 5.67. The van der Waals surface area contributed by atoms with Gasteiger partial charge in [-0.2, -0.15) is 10.1 Å². The summed E-state index contributed by atoms with van der Waals surface area (Å²) in [7, 11) is 0. The highest BCUT2D eigenvalue weighted by atomic mass is 16.5. The fraction of sp³-hybridized carbons (Fsp3) is 0.240. The molecule has 0 aliphatic carbocycles. The van der Waals surface area contributed by atoms with Gasteiger partial charge in [-0.05, 0) is 42.7 Å². The highest BCUT2D eigenvalue weighted by molar-refractivity contribution is 5.75. The van der Waals surface area contributed by atoms with E-state index in [9.17, 15) is 4.79 Å². The number of ether oxygens (including phenoxy) is 1. The van der Waals surface area contributed by atoms with Gasteiger partial charge in [0.25, 0.3) is 5.56 Å². The van der Waals surface area contributed by atoms with Gasteiger partial charge in [-0.1, -0.05) is 43.3 Å². The van der Waals surface area contributed by atoms with Gasteiger partial charge in [0.2, 0.25) is 11.7 Å². The predicted molar refractivity (Wildman–Crippen MR) is 127 cm³/mol. The summed E-state index contributed by atoms with van der Waals surface area (Å²) in [6.45, 7) is 6.89. The maximum absolute atomic E-state index is 13.1. The van der Waals surface area contributed by atoms with Crippen molar-refractivity contribution in [2.75, 3.05) is 6.61 Å². The Morgan fingerprint density at radius 2 is 1.94 bits per heavy atom. The molecule has 34 heavy (non-hydrogen) atoms. The van der Waals surface area contributed by atoms with Crippen molar-refractivity contribution in [1.82, 2.24) is 29.5 Å². The molecule has 0 aliphatic rings. The summed E-state index contributed by atoms with van der Waals surface area (Å²) < 4.78 is 14.0. The topological polar surface area (TPSA) is 101 Å². The van der Waals surface area contributed by atoms with Crippen LogP contribution in [0.3, 0.4) is 0 Å². The molecule has 0 amide bonds. The maximum atomic E-state index is 13.1. The van der Waals surface area contributed by atoms with Crippen LogP contribution in [0, 0.1) is 0 Å². The van der Waals surface area contributed by atoms with Gasteiger partial charge >= 0.3 is 0 Å². The zero-order valence-corrected chi connectivity index (χ0v) is 19.2. The van der Waals surface area contributed by atoms with Crippen molar-refractivity contribution in [2.24, 2.45) is 0 Å². The van der Waals surface area contributed by atoms with E-state index in [4.69, 9.17) is 9.26 Å². The second kappa shape index (κ2) is 8.93. The average Bonchev–Trinajstić information content (AvgIpc) is 3.49. The van der Waals surface area contributed by atoms with Gasteiger partial charge in [-0.3, -0.25) is 9.36 Å². The summed E-state index contributed by atoms with van der Waals surface area (Å²) >= 11 is 0. The Morgan fingerprint density at radius 1 is 1.12 bits per heavy atom. The molecule has 0 spiro atoms. The first-order valence-electron chi connectivity index (χ1n) is 11.1. The molecule has 0 aliphatic heterocycles. The van der Waals surface area contributed by atoms with Gasteiger partial charge in [0, 0.05) is 5.56 Å². The van der Waals surface area contributed by atoms with Gasteiger partial charge < -0.3 is 9.26 Å². The highest BCUT2D eigenvalue weighted by Crippen LogP contribution is 2.22. The van der Waals surface area contributed by atoms with Crippen molar-refractivity contribution < 1.29 is 9.26 Å². The van der Waals surface area contributed by atoms with Crippen molar-refractivity contribution in [1.29, 1.82) is 0 Å². The summed E-state index contributed by atoms with van der Waals surface area (Å²) in [5, 5.41) is 8.86. The third-order valence-corrected chi connectivity index (χ3v) is 5.54. The van der Waals surface area contributed by atoms with Crippen molar-refractivity contribution in [3.63, 3.8) is 0 Å². The van der Waals surface area contributed by atoms with E-state index in [-0.39, 0.29) is 12.1 Å². The Bertz CT molecular complexity index is 1500. The number of fused-ring (bicyclic) bond motifs is 1. The molecule has 0 N–H and O–H groups in total. The molecule has 0 radical (unpaired) electrons. The van der Waals surface area contributed by atoms with Crippen molar-refractivity contribution >= 4 is 11.0 Å². The molecule has 0 fully saturated rings. The van der Waals surface area contributed by atoms with Crippen LogP contribution in [-0.4, -0.2) is 36.1 Å². The van der Waals surface area contributed by atoms with Gasteiger partial charge in [-0.15, -0.1) is 0 Å². The molecule has 9 heteroatoms. The lowest BCUT2D eigenvalue weighted by atomic mass is 10.0. The fourth-order valence-corrected chi connectivity index (χ4v) is 3.72. The molecule has 9 nitrogen and oxygen atoms in total. The van der Waals surface area contributed by atoms with Crippen molar-refractivity contribution in [2.45, 2.75) is 33.2 Å². The van der Waals surface area contributed by atoms with Crippen LogP contribution in [-0.2, 0) is 6.54 Å². The van der Waals surface area contributed by atoms with Crippen LogP contribution in [0.25, 0.3) is 28.1 Å². The largest absolute Gasteiger partial charge is 0.494 e. The van der Waals surface area contributed by atoms with Gasteiger partial charge in [0.05, 0.1) is 18.5 Å². The molecule has 172 valence electrons. The van der Waals surface area contributed by atoms with Gasteiger partial charge in [0.15, 0.2) is 5.65 Å². The smallest absolute Gasteiger partial charge is 0.264 e. The zero-order valence-electron chi connectivity index (χ0n) is 19.2. The SMILES string of the molecule is CCOc1cccc(-c2noc(Cn3cnc4c(cnn4-c4ccc(C(C)C)cc4)c3=O)n2)c1. The Morgan fingerprint density at radius 3 is 2.71 bits per heavy atom. The number of benzene rings is 2. The lowest BCUT2D eigenvalue weighted by Crippen LogP contribution is -2.21. The third kappa shape index (κ3) is 4.07. The van der Waals surface area contributed by atoms with E-state index < -0.39 is 0 Å². The molecular weight excluding hydrogens is 432 g/mol. The average molecular weight is 457 g/mol. The molecule has 5 aromatic rings. The van der Waals surface area contributed by atoms with Gasteiger partial charge in [0.1, 0.15) is 24.0 Å². The third-order valence-electron chi connectivity index (χ3n) is 5.54. The number of hydrogen-bond donors (Lipinski definition) is 0. The monoisotopic (exact) mass is 456 g/mol. The standard InChI is InChI=1S/C25H24N6O3/c1-4-33-20-7-5-6-18(12-20)23-28-22(34-29-23)14-30-15-26-24-21(25(30)32)13-27-31(24)19-10-8-17(9-11-19)16(2)3/h5-13,15-16H,4,14H2,1-3H3. The molecule has 0 saturated heterocycles. The summed E-state index contributed by atoms with van der Waals surface area (Å²) in [5.41, 5.74) is 3.12. The van der Waals surface area contributed by atoms with Crippen LogP contribution in [0.2, 0.25) is 0 Å². The summed E-state index contributed by atoms with van der Waals surface area (Å²) in [6.07, 6.45) is 3.01. The van der Waals surface area contributed by atoms with E-state index in [2.05, 4.69) is 46.2 Å². The maximum Gasteiger partial charge on any atom is 0.264 e. The minimum absolute atomic E-state index is 0.105. The van der Waals surface area contributed by atoms with Crippen LogP contribution in [0.4, 0.5) is 0 Å². The number of aromatic nitrogens is 6. The minimum Gasteiger partial charge on any atom is -0.494 e. The first kappa shape index (κ1) is 21.6. The Labute approximate surface area is 195 Å². The summed E-state index contributed by atoms with van der Waals surface area (Å²) in [4.78, 5) is 22.0. The number of hydrogen-bond acceptors (Lipinski definition) is 7. The first-order chi connectivity index (χ1) is 16.5. The molecule has 0 unspecified atom stereocenters. The van der Waals surface area contributed by atoms with Gasteiger partial charge in [-0.25, -0.2) is 9.67 Å². The zero-order chi connectivity index (χ0) is 23.7. The quantitative estimate of drug-likeness (QED) is 0.362. The molecule has 5 rings (SSSR count). The predicted octanol–water partition coefficient (Wildman–Crippen LogP) is 4.20. The van der Waals surface area contributed by atoms with Crippen LogP contribution in [0.5, 0.6) is 5.75 Å². The van der Waals surface area contributed by atoms with Crippen LogP contribution in [0.15, 0.2) is 70.4 Å². The van der Waals surface area contributed by atoms with E-state index in [1.807, 2.05) is 43.3 Å². The molecule has 3 heterocycles. The normalized spacial score (nSPS) is 11.4. The molecule has 2 aromatic carbocycles. The highest BCUT2D eigenvalue weighted by Gasteiger charge is 2.15. The van der Waals surface area contributed by atoms with E-state index in [1.165, 1.54) is 22.7 Å². The van der Waals surface area contributed by atoms with Crippen LogP contribution < -0.4 is 10.3 Å². The number of nitrogens with zero attached hydrogens (tertiary/aromatic N) is 6. The van der Waals surface area contributed by atoms with E-state index >= 15 is 0 Å². The van der Waals surface area contributed by atoms with Crippen molar-refractivity contribution in [3.05, 3.63) is 82.9 Å². The van der Waals surface area contributed by atoms with Crippen LogP contribution in [0.1, 0.15) is 38.1 Å². The summed E-state index contributed by atoms with van der Waals surface area (Å²) in [6, 6.07) is 15.5. The van der Waals surface area contributed by atoms with E-state index in [0.717, 1.165) is 17.0 Å². The lowest BCUT2D eigenvalue weighted by Gasteiger charge is -2.08. The second-order valence-electron chi connectivity index (χ2n) is 8.19. The summed E-state index contributed by atoms with van der Waals surface area (Å²) in [5.74, 6) is 1.90. The lowest BCUT2D eigenvalue weighted by molar-refractivity contribution is 0.340. The minimum atomic E-state index is -0.229. The fourth-order valence-electron chi connectivity index (χ4n) is 3.72. The molecule has 0 atom stereocenters. The molecular formula is C25H24N6O3. The second-order valence-corrected chi connectivity index (χ2v) is 8.19. The molecule has 0 bridgehead atoms. The Hall–Kier alpha value is -4.27. The first-order valence-corrected chi connectivity index (χ1v) is 11.1. The molecule has 0 saturated carbocycles. The van der Waals surface area contributed by atoms with E-state index in [0.29, 0.717) is 35.3 Å².